The molecule has 0 aromatic heterocycles. The van der Waals surface area contributed by atoms with Crippen molar-refractivity contribution < 1.29 is 23.7 Å². The lowest BCUT2D eigenvalue weighted by Gasteiger charge is -2.10. The lowest BCUT2D eigenvalue weighted by molar-refractivity contribution is 0.0639. The zero-order valence-corrected chi connectivity index (χ0v) is 12.1. The van der Waals surface area contributed by atoms with Crippen molar-refractivity contribution in [1.29, 1.82) is 0 Å². The molecule has 1 aromatic rings. The van der Waals surface area contributed by atoms with Crippen LogP contribution in [0.3, 0.4) is 0 Å². The highest BCUT2D eigenvalue weighted by molar-refractivity contribution is 5.98. The van der Waals surface area contributed by atoms with Gasteiger partial charge in [0, 0.05) is 20.6 Å². The molecule has 0 aliphatic carbocycles. The lowest BCUT2D eigenvalue weighted by Crippen LogP contribution is -2.11. The van der Waals surface area contributed by atoms with Crippen LogP contribution in [0.25, 0.3) is 0 Å². The Morgan fingerprint density at radius 1 is 0.950 bits per heavy atom. The molecule has 0 spiro atoms. The Balaban J connectivity index is 2.45. The summed E-state index contributed by atoms with van der Waals surface area (Å²) in [5.74, 6) is 0.599. The van der Waals surface area contributed by atoms with E-state index in [2.05, 4.69) is 0 Å². The van der Waals surface area contributed by atoms with Gasteiger partial charge in [-0.15, -0.1) is 0 Å². The second-order valence-corrected chi connectivity index (χ2v) is 4.12. The van der Waals surface area contributed by atoms with Crippen LogP contribution in [0.15, 0.2) is 24.3 Å². The van der Waals surface area contributed by atoms with Gasteiger partial charge < -0.3 is 18.9 Å². The van der Waals surface area contributed by atoms with Gasteiger partial charge in [-0.2, -0.15) is 0 Å². The van der Waals surface area contributed by atoms with E-state index in [4.69, 9.17) is 18.9 Å². The minimum Gasteiger partial charge on any atom is -0.490 e. The Labute approximate surface area is 119 Å². The van der Waals surface area contributed by atoms with Crippen LogP contribution >= 0.6 is 0 Å². The molecule has 0 radical (unpaired) electrons. The summed E-state index contributed by atoms with van der Waals surface area (Å²) >= 11 is 0. The summed E-state index contributed by atoms with van der Waals surface area (Å²) in [5, 5.41) is 0. The van der Waals surface area contributed by atoms with Crippen molar-refractivity contribution >= 4 is 5.78 Å². The third-order valence-corrected chi connectivity index (χ3v) is 2.64. The summed E-state index contributed by atoms with van der Waals surface area (Å²) in [7, 11) is 3.22. The average molecular weight is 282 g/mol. The van der Waals surface area contributed by atoms with Gasteiger partial charge in [-0.1, -0.05) is 12.1 Å². The maximum Gasteiger partial charge on any atom is 0.168 e. The molecule has 0 heterocycles. The van der Waals surface area contributed by atoms with Gasteiger partial charge in [-0.3, -0.25) is 4.79 Å². The number of hydrogen-bond donors (Lipinski definition) is 0. The van der Waals surface area contributed by atoms with Crippen molar-refractivity contribution in [2.24, 2.45) is 0 Å². The van der Waals surface area contributed by atoms with Gasteiger partial charge in [0.1, 0.15) is 12.4 Å². The summed E-state index contributed by atoms with van der Waals surface area (Å²) in [6.45, 7) is 2.32. The van der Waals surface area contributed by atoms with Gasteiger partial charge in [0.05, 0.1) is 32.0 Å². The topological polar surface area (TPSA) is 54.0 Å². The molecule has 5 heteroatoms. The molecule has 0 bridgehead atoms. The van der Waals surface area contributed by atoms with Gasteiger partial charge in [-0.05, 0) is 12.1 Å². The molecule has 5 nitrogen and oxygen atoms in total. The van der Waals surface area contributed by atoms with E-state index >= 15 is 0 Å². The van der Waals surface area contributed by atoms with Crippen molar-refractivity contribution in [1.82, 2.24) is 0 Å². The quantitative estimate of drug-likeness (QED) is 0.458. The largest absolute Gasteiger partial charge is 0.490 e. The number of ether oxygens (including phenoxy) is 4. The Kier molecular flexibility index (Phi) is 8.62. The molecule has 0 saturated heterocycles. The smallest absolute Gasteiger partial charge is 0.168 e. The Morgan fingerprint density at radius 2 is 1.65 bits per heavy atom. The predicted octanol–water partition coefficient (Wildman–Crippen LogP) is 1.95. The van der Waals surface area contributed by atoms with E-state index in [0.717, 1.165) is 0 Å². The molecule has 0 saturated carbocycles. The van der Waals surface area contributed by atoms with Crippen molar-refractivity contribution in [2.75, 3.05) is 47.3 Å². The van der Waals surface area contributed by atoms with Crippen molar-refractivity contribution in [2.45, 2.75) is 6.42 Å². The summed E-state index contributed by atoms with van der Waals surface area (Å²) in [6.07, 6.45) is 0.328. The maximum absolute atomic E-state index is 12.1. The number of carbonyl (C=O) groups excluding carboxylic acids is 1. The Bertz CT molecular complexity index is 392. The third kappa shape index (κ3) is 6.14. The van der Waals surface area contributed by atoms with Gasteiger partial charge in [0.15, 0.2) is 5.78 Å². The first kappa shape index (κ1) is 16.6. The number of carbonyl (C=O) groups is 1. The first-order valence-corrected chi connectivity index (χ1v) is 6.60. The highest BCUT2D eigenvalue weighted by Crippen LogP contribution is 2.19. The zero-order valence-electron chi connectivity index (χ0n) is 12.1. The number of ketones is 1. The molecule has 1 rings (SSSR count). The van der Waals surface area contributed by atoms with Crippen LogP contribution in [-0.2, 0) is 14.2 Å². The fourth-order valence-electron chi connectivity index (χ4n) is 1.60. The fourth-order valence-corrected chi connectivity index (χ4v) is 1.60. The van der Waals surface area contributed by atoms with Crippen molar-refractivity contribution in [3.8, 4) is 5.75 Å². The predicted molar refractivity (Wildman–Crippen MR) is 75.5 cm³/mol. The monoisotopic (exact) mass is 282 g/mol. The SMILES string of the molecule is COCCOCCC(=O)c1ccccc1OCCOC. The van der Waals surface area contributed by atoms with Gasteiger partial charge in [-0.25, -0.2) is 0 Å². The first-order chi connectivity index (χ1) is 9.79. The Morgan fingerprint density at radius 3 is 2.40 bits per heavy atom. The summed E-state index contributed by atoms with van der Waals surface area (Å²) in [4.78, 5) is 12.1. The summed E-state index contributed by atoms with van der Waals surface area (Å²) in [5.41, 5.74) is 0.582. The highest BCUT2D eigenvalue weighted by atomic mass is 16.5. The molecule has 0 N–H and O–H groups in total. The molecule has 0 fully saturated rings. The van der Waals surface area contributed by atoms with E-state index in [0.29, 0.717) is 50.8 Å². The summed E-state index contributed by atoms with van der Waals surface area (Å²) < 4.78 is 20.6. The zero-order chi connectivity index (χ0) is 14.6. The van der Waals surface area contributed by atoms with Crippen LogP contribution in [0.5, 0.6) is 5.75 Å². The van der Waals surface area contributed by atoms with Crippen LogP contribution in [0.4, 0.5) is 0 Å². The number of methoxy groups -OCH3 is 2. The fraction of sp³-hybridized carbons (Fsp3) is 0.533. The average Bonchev–Trinajstić information content (AvgIpc) is 2.47. The number of benzene rings is 1. The second-order valence-electron chi connectivity index (χ2n) is 4.12. The van der Waals surface area contributed by atoms with Crippen LogP contribution in [0.1, 0.15) is 16.8 Å². The van der Waals surface area contributed by atoms with Gasteiger partial charge >= 0.3 is 0 Å². The van der Waals surface area contributed by atoms with E-state index < -0.39 is 0 Å². The second kappa shape index (κ2) is 10.4. The van der Waals surface area contributed by atoms with Crippen molar-refractivity contribution in [3.63, 3.8) is 0 Å². The molecular formula is C15H22O5. The number of rotatable bonds is 11. The van der Waals surface area contributed by atoms with E-state index in [-0.39, 0.29) is 5.78 Å². The molecular weight excluding hydrogens is 260 g/mol. The Hall–Kier alpha value is -1.43. The molecule has 0 atom stereocenters. The standard InChI is InChI=1S/C15H22O5/c1-17-9-11-19-8-7-14(16)13-5-3-4-6-15(13)20-12-10-18-2/h3-6H,7-12H2,1-2H3. The minimum absolute atomic E-state index is 0.00966. The van der Waals surface area contributed by atoms with E-state index in [1.807, 2.05) is 12.1 Å². The molecule has 0 amide bonds. The molecule has 0 aliphatic rings. The lowest BCUT2D eigenvalue weighted by atomic mass is 10.1. The van der Waals surface area contributed by atoms with E-state index in [9.17, 15) is 4.79 Å². The van der Waals surface area contributed by atoms with Crippen molar-refractivity contribution in [3.05, 3.63) is 29.8 Å². The van der Waals surface area contributed by atoms with E-state index in [1.165, 1.54) is 0 Å². The van der Waals surface area contributed by atoms with Crippen LogP contribution in [0.2, 0.25) is 0 Å². The molecule has 0 aliphatic heterocycles. The highest BCUT2D eigenvalue weighted by Gasteiger charge is 2.11. The molecule has 112 valence electrons. The molecule has 0 unspecified atom stereocenters. The molecule has 20 heavy (non-hydrogen) atoms. The number of Topliss-reactive ketones (excluding diaryl/α,β-unsaturated/α-hetero) is 1. The maximum atomic E-state index is 12.1. The number of hydrogen-bond acceptors (Lipinski definition) is 5. The normalized spacial score (nSPS) is 10.5. The van der Waals surface area contributed by atoms with Crippen LogP contribution < -0.4 is 4.74 Å². The van der Waals surface area contributed by atoms with Crippen LogP contribution in [0, 0.1) is 0 Å². The minimum atomic E-state index is 0.00966. The summed E-state index contributed by atoms with van der Waals surface area (Å²) in [6, 6.07) is 7.21. The first-order valence-electron chi connectivity index (χ1n) is 6.60. The third-order valence-electron chi connectivity index (χ3n) is 2.64. The molecule has 1 aromatic carbocycles. The van der Waals surface area contributed by atoms with Crippen LogP contribution in [-0.4, -0.2) is 53.0 Å². The van der Waals surface area contributed by atoms with Gasteiger partial charge in [0.25, 0.3) is 0 Å². The number of para-hydroxylation sites is 1. The van der Waals surface area contributed by atoms with E-state index in [1.54, 1.807) is 26.4 Å². The van der Waals surface area contributed by atoms with Gasteiger partial charge in [0.2, 0.25) is 0 Å².